The molecule has 0 fully saturated rings. The van der Waals surface area contributed by atoms with Crippen molar-refractivity contribution in [3.05, 3.63) is 107 Å². The van der Waals surface area contributed by atoms with E-state index in [1.165, 1.54) is 12.7 Å². The van der Waals surface area contributed by atoms with Crippen LogP contribution in [0.3, 0.4) is 0 Å². The molecule has 166 valence electrons. The van der Waals surface area contributed by atoms with Crippen LogP contribution in [0.5, 0.6) is 5.75 Å². The smallest absolute Gasteiger partial charge is 0.337 e. The fraction of sp³-hybridized carbons (Fsp3) is 0.192. The average molecular weight is 441 g/mol. The van der Waals surface area contributed by atoms with Crippen molar-refractivity contribution in [2.75, 3.05) is 12.4 Å². The molecule has 5 rings (SSSR count). The summed E-state index contributed by atoms with van der Waals surface area (Å²) >= 11 is 0. The van der Waals surface area contributed by atoms with Gasteiger partial charge in [0.05, 0.1) is 24.8 Å². The maximum atomic E-state index is 11.6. The Kier molecular flexibility index (Phi) is 5.76. The highest BCUT2D eigenvalue weighted by Crippen LogP contribution is 2.37. The van der Waals surface area contributed by atoms with Gasteiger partial charge in [0.15, 0.2) is 0 Å². The summed E-state index contributed by atoms with van der Waals surface area (Å²) < 4.78 is 12.6. The first-order valence-corrected chi connectivity index (χ1v) is 10.8. The van der Waals surface area contributed by atoms with Gasteiger partial charge in [-0.25, -0.2) is 9.48 Å². The van der Waals surface area contributed by atoms with Crippen LogP contribution in [0, 0.1) is 0 Å². The minimum Gasteiger partial charge on any atom is -0.489 e. The summed E-state index contributed by atoms with van der Waals surface area (Å²) in [4.78, 5) is 16.0. The molecule has 2 heterocycles. The molecule has 0 spiro atoms. The van der Waals surface area contributed by atoms with E-state index in [0.717, 1.165) is 29.2 Å². The zero-order chi connectivity index (χ0) is 22.6. The van der Waals surface area contributed by atoms with Crippen LogP contribution >= 0.6 is 0 Å². The van der Waals surface area contributed by atoms with Crippen molar-refractivity contribution < 1.29 is 14.3 Å². The second kappa shape index (κ2) is 9.16. The Hall–Kier alpha value is -4.13. The Morgan fingerprint density at radius 2 is 1.76 bits per heavy atom. The van der Waals surface area contributed by atoms with Gasteiger partial charge in [-0.05, 0) is 47.4 Å². The van der Waals surface area contributed by atoms with E-state index in [9.17, 15) is 4.79 Å². The molecule has 7 heteroatoms. The van der Waals surface area contributed by atoms with E-state index in [-0.39, 0.29) is 18.1 Å². The summed E-state index contributed by atoms with van der Waals surface area (Å²) in [7, 11) is 1.37. The summed E-state index contributed by atoms with van der Waals surface area (Å²) in [6, 6.07) is 26.0. The lowest BCUT2D eigenvalue weighted by Gasteiger charge is -2.31. The quantitative estimate of drug-likeness (QED) is 0.435. The van der Waals surface area contributed by atoms with Crippen molar-refractivity contribution in [3.63, 3.8) is 0 Å². The zero-order valence-corrected chi connectivity index (χ0v) is 18.2. The highest BCUT2D eigenvalue weighted by atomic mass is 16.5. The zero-order valence-electron chi connectivity index (χ0n) is 18.2. The van der Waals surface area contributed by atoms with E-state index < -0.39 is 0 Å². The first kappa shape index (κ1) is 20.8. The number of ether oxygens (including phenoxy) is 2. The Bertz CT molecular complexity index is 1220. The van der Waals surface area contributed by atoms with Gasteiger partial charge in [0.25, 0.3) is 0 Å². The predicted octanol–water partition coefficient (Wildman–Crippen LogP) is 4.79. The van der Waals surface area contributed by atoms with Crippen LogP contribution in [0.1, 0.15) is 45.6 Å². The molecule has 0 radical (unpaired) electrons. The molecular weight excluding hydrogens is 416 g/mol. The number of esters is 1. The molecule has 1 aromatic heterocycles. The number of aromatic nitrogens is 3. The third kappa shape index (κ3) is 4.43. The highest BCUT2D eigenvalue weighted by Gasteiger charge is 2.29. The molecule has 0 aliphatic carbocycles. The van der Waals surface area contributed by atoms with E-state index in [4.69, 9.17) is 9.47 Å². The second-order valence-electron chi connectivity index (χ2n) is 7.93. The molecule has 0 saturated heterocycles. The van der Waals surface area contributed by atoms with Crippen LogP contribution in [-0.4, -0.2) is 27.8 Å². The van der Waals surface area contributed by atoms with Crippen LogP contribution in [0.25, 0.3) is 0 Å². The number of methoxy groups -OCH3 is 1. The van der Waals surface area contributed by atoms with E-state index in [2.05, 4.69) is 51.8 Å². The molecule has 33 heavy (non-hydrogen) atoms. The predicted molar refractivity (Wildman–Crippen MR) is 124 cm³/mol. The van der Waals surface area contributed by atoms with Crippen molar-refractivity contribution in [2.24, 2.45) is 0 Å². The summed E-state index contributed by atoms with van der Waals surface area (Å²) in [5, 5.41) is 7.94. The maximum absolute atomic E-state index is 11.6. The first-order chi connectivity index (χ1) is 16.2. The van der Waals surface area contributed by atoms with Crippen LogP contribution in [-0.2, 0) is 11.3 Å². The summed E-state index contributed by atoms with van der Waals surface area (Å²) in [5.74, 6) is 1.21. The van der Waals surface area contributed by atoms with Crippen LogP contribution in [0.2, 0.25) is 0 Å². The van der Waals surface area contributed by atoms with Crippen molar-refractivity contribution in [3.8, 4) is 5.75 Å². The number of rotatable bonds is 6. The lowest BCUT2D eigenvalue weighted by Crippen LogP contribution is -2.28. The maximum Gasteiger partial charge on any atom is 0.337 e. The fourth-order valence-corrected chi connectivity index (χ4v) is 4.11. The SMILES string of the molecule is COC(=O)c1ccc(COc2ccc(C3CC(c4ccccc4)Nc4ncnn43)cc2)cc1. The number of benzene rings is 3. The molecule has 1 N–H and O–H groups in total. The molecule has 2 atom stereocenters. The van der Waals surface area contributed by atoms with Gasteiger partial charge in [-0.15, -0.1) is 0 Å². The van der Waals surface area contributed by atoms with Crippen molar-refractivity contribution >= 4 is 11.9 Å². The summed E-state index contributed by atoms with van der Waals surface area (Å²) in [6.45, 7) is 0.414. The van der Waals surface area contributed by atoms with Gasteiger partial charge in [0.1, 0.15) is 18.7 Å². The van der Waals surface area contributed by atoms with Crippen LogP contribution in [0.15, 0.2) is 85.2 Å². The highest BCUT2D eigenvalue weighted by molar-refractivity contribution is 5.89. The number of hydrogen-bond acceptors (Lipinski definition) is 6. The van der Waals surface area contributed by atoms with E-state index in [1.54, 1.807) is 18.5 Å². The molecule has 2 unspecified atom stereocenters. The molecule has 3 aromatic carbocycles. The van der Waals surface area contributed by atoms with Gasteiger partial charge in [0.2, 0.25) is 5.95 Å². The van der Waals surface area contributed by atoms with Crippen molar-refractivity contribution in [1.82, 2.24) is 14.8 Å². The van der Waals surface area contributed by atoms with Gasteiger partial charge in [-0.3, -0.25) is 0 Å². The molecular formula is C26H24N4O3. The summed E-state index contributed by atoms with van der Waals surface area (Å²) in [6.07, 6.45) is 2.46. The monoisotopic (exact) mass is 440 g/mol. The van der Waals surface area contributed by atoms with E-state index in [1.807, 2.05) is 35.0 Å². The van der Waals surface area contributed by atoms with Gasteiger partial charge in [-0.2, -0.15) is 10.1 Å². The largest absolute Gasteiger partial charge is 0.489 e. The Labute approximate surface area is 192 Å². The molecule has 0 bridgehead atoms. The first-order valence-electron chi connectivity index (χ1n) is 10.8. The number of anilines is 1. The standard InChI is InChI=1S/C26H24N4O3/c1-32-25(31)21-9-7-18(8-10-21)16-33-22-13-11-20(12-14-22)24-15-23(19-5-3-2-4-6-19)29-26-27-17-28-30(24)26/h2-14,17,23-24H,15-16H2,1H3,(H,27,28,29). The lowest BCUT2D eigenvalue weighted by molar-refractivity contribution is 0.0600. The lowest BCUT2D eigenvalue weighted by atomic mass is 9.93. The van der Waals surface area contributed by atoms with E-state index in [0.29, 0.717) is 12.2 Å². The molecule has 4 aromatic rings. The van der Waals surface area contributed by atoms with Gasteiger partial charge in [-0.1, -0.05) is 54.6 Å². The van der Waals surface area contributed by atoms with Gasteiger partial charge >= 0.3 is 5.97 Å². The minimum absolute atomic E-state index is 0.0777. The van der Waals surface area contributed by atoms with Crippen molar-refractivity contribution in [2.45, 2.75) is 25.1 Å². The van der Waals surface area contributed by atoms with Gasteiger partial charge in [0, 0.05) is 0 Å². The summed E-state index contributed by atoms with van der Waals surface area (Å²) in [5.41, 5.74) is 3.88. The number of fused-ring (bicyclic) bond motifs is 1. The van der Waals surface area contributed by atoms with Crippen LogP contribution < -0.4 is 10.1 Å². The number of carbonyl (C=O) groups is 1. The molecule has 1 aliphatic heterocycles. The van der Waals surface area contributed by atoms with E-state index >= 15 is 0 Å². The second-order valence-corrected chi connectivity index (χ2v) is 7.93. The normalized spacial score (nSPS) is 17.0. The van der Waals surface area contributed by atoms with Gasteiger partial charge < -0.3 is 14.8 Å². The third-order valence-corrected chi connectivity index (χ3v) is 5.88. The number of hydrogen-bond donors (Lipinski definition) is 1. The number of nitrogens with zero attached hydrogens (tertiary/aromatic N) is 3. The third-order valence-electron chi connectivity index (χ3n) is 5.88. The number of nitrogens with one attached hydrogen (secondary N) is 1. The Morgan fingerprint density at radius 3 is 2.48 bits per heavy atom. The minimum atomic E-state index is -0.346. The number of carbonyl (C=O) groups excluding carboxylic acids is 1. The molecule has 7 nitrogen and oxygen atoms in total. The van der Waals surface area contributed by atoms with Crippen molar-refractivity contribution in [1.29, 1.82) is 0 Å². The average Bonchev–Trinajstić information content (AvgIpc) is 3.36. The molecule has 0 amide bonds. The van der Waals surface area contributed by atoms with Crippen LogP contribution in [0.4, 0.5) is 5.95 Å². The topological polar surface area (TPSA) is 78.3 Å². The Balaban J connectivity index is 1.28. The molecule has 0 saturated carbocycles. The fourth-order valence-electron chi connectivity index (χ4n) is 4.11. The molecule has 1 aliphatic rings. The Morgan fingerprint density at radius 1 is 1.00 bits per heavy atom.